The lowest BCUT2D eigenvalue weighted by Crippen LogP contribution is -2.67. The van der Waals surface area contributed by atoms with Crippen molar-refractivity contribution in [2.45, 2.75) is 44.5 Å². The van der Waals surface area contributed by atoms with Gasteiger partial charge in [-0.05, 0) is 38.1 Å². The molecule has 2 amide bonds. The maximum Gasteiger partial charge on any atom is 0.338 e. The molecule has 1 saturated heterocycles. The first-order chi connectivity index (χ1) is 17.7. The predicted molar refractivity (Wildman–Crippen MR) is 128 cm³/mol. The molecule has 0 spiro atoms. The molecule has 1 N–H and O–H groups in total. The highest BCUT2D eigenvalue weighted by Crippen LogP contribution is 2.33. The standard InChI is InChI=1S/C27H27NO9/c1-15-16(2)24(31)28(23(15)30)20-22(37-26(33)18-12-8-5-9-13-18)21(29)19(36-27(20)34-3)14-35-25(32)17-10-6-4-7-11-17/h4-13,19-22,27,29H,14H2,1-3H3/t19-,20-,21-,22-,27-/m1/s1. The van der Waals surface area contributed by atoms with Gasteiger partial charge in [0.1, 0.15) is 24.9 Å². The van der Waals surface area contributed by atoms with Gasteiger partial charge in [0, 0.05) is 18.3 Å². The molecule has 2 heterocycles. The van der Waals surface area contributed by atoms with Crippen LogP contribution in [0.4, 0.5) is 0 Å². The summed E-state index contributed by atoms with van der Waals surface area (Å²) in [5.74, 6) is -2.65. The van der Waals surface area contributed by atoms with E-state index >= 15 is 0 Å². The fraction of sp³-hybridized carbons (Fsp3) is 0.333. The molecule has 5 atom stereocenters. The van der Waals surface area contributed by atoms with Crippen molar-refractivity contribution in [3.05, 3.63) is 82.9 Å². The summed E-state index contributed by atoms with van der Waals surface area (Å²) in [5, 5.41) is 11.2. The lowest BCUT2D eigenvalue weighted by atomic mass is 9.95. The minimum Gasteiger partial charge on any atom is -0.459 e. The van der Waals surface area contributed by atoms with Crippen LogP contribution in [0.15, 0.2) is 71.8 Å². The third kappa shape index (κ3) is 5.17. The maximum absolute atomic E-state index is 13.0. The number of methoxy groups -OCH3 is 1. The van der Waals surface area contributed by atoms with Crippen LogP contribution in [-0.4, -0.2) is 78.1 Å². The minimum atomic E-state index is -1.57. The second-order valence-electron chi connectivity index (χ2n) is 8.69. The largest absolute Gasteiger partial charge is 0.459 e. The molecule has 2 aliphatic heterocycles. The quantitative estimate of drug-likeness (QED) is 0.439. The molecule has 194 valence electrons. The molecule has 10 nitrogen and oxygen atoms in total. The molecule has 2 aromatic carbocycles. The van der Waals surface area contributed by atoms with Gasteiger partial charge < -0.3 is 24.1 Å². The number of aliphatic hydroxyl groups excluding tert-OH is 1. The second kappa shape index (κ2) is 11.0. The van der Waals surface area contributed by atoms with E-state index in [9.17, 15) is 24.3 Å². The molecule has 1 fully saturated rings. The van der Waals surface area contributed by atoms with Crippen LogP contribution in [-0.2, 0) is 28.5 Å². The van der Waals surface area contributed by atoms with Gasteiger partial charge in [0.25, 0.3) is 11.8 Å². The van der Waals surface area contributed by atoms with Crippen molar-refractivity contribution in [3.63, 3.8) is 0 Å². The van der Waals surface area contributed by atoms with E-state index in [4.69, 9.17) is 18.9 Å². The number of amides is 2. The third-order valence-corrected chi connectivity index (χ3v) is 6.45. The van der Waals surface area contributed by atoms with Crippen molar-refractivity contribution in [3.8, 4) is 0 Å². The van der Waals surface area contributed by atoms with Crippen LogP contribution in [0.1, 0.15) is 34.6 Å². The lowest BCUT2D eigenvalue weighted by Gasteiger charge is -2.46. The molecule has 0 aliphatic carbocycles. The number of rotatable bonds is 7. The fourth-order valence-electron chi connectivity index (χ4n) is 4.27. The van der Waals surface area contributed by atoms with Gasteiger partial charge in [0.05, 0.1) is 11.1 Å². The Hall–Kier alpha value is -3.86. The number of esters is 2. The molecule has 37 heavy (non-hydrogen) atoms. The molecular weight excluding hydrogens is 482 g/mol. The van der Waals surface area contributed by atoms with Crippen molar-refractivity contribution in [2.75, 3.05) is 13.7 Å². The molecule has 0 aromatic heterocycles. The Morgan fingerprint density at radius 1 is 0.892 bits per heavy atom. The fourth-order valence-corrected chi connectivity index (χ4v) is 4.27. The molecule has 4 rings (SSSR count). The molecule has 10 heteroatoms. The van der Waals surface area contributed by atoms with Gasteiger partial charge in [-0.25, -0.2) is 9.59 Å². The Labute approximate surface area is 213 Å². The van der Waals surface area contributed by atoms with Crippen LogP contribution in [0.5, 0.6) is 0 Å². The molecule has 2 aromatic rings. The van der Waals surface area contributed by atoms with E-state index in [1.165, 1.54) is 33.1 Å². The number of imide groups is 1. The Bertz CT molecular complexity index is 1190. The van der Waals surface area contributed by atoms with Crippen LogP contribution >= 0.6 is 0 Å². The number of aliphatic hydroxyl groups is 1. The highest BCUT2D eigenvalue weighted by atomic mass is 16.7. The molecule has 0 unspecified atom stereocenters. The Balaban J connectivity index is 1.62. The second-order valence-corrected chi connectivity index (χ2v) is 8.69. The molecule has 0 saturated carbocycles. The average molecular weight is 510 g/mol. The average Bonchev–Trinajstić information content (AvgIpc) is 3.11. The van der Waals surface area contributed by atoms with Gasteiger partial charge >= 0.3 is 11.9 Å². The van der Waals surface area contributed by atoms with Crippen LogP contribution in [0.25, 0.3) is 0 Å². The third-order valence-electron chi connectivity index (χ3n) is 6.45. The van der Waals surface area contributed by atoms with Crippen molar-refractivity contribution in [2.24, 2.45) is 0 Å². The zero-order valence-electron chi connectivity index (χ0n) is 20.5. The van der Waals surface area contributed by atoms with Gasteiger partial charge in [0.2, 0.25) is 0 Å². The first kappa shape index (κ1) is 26.2. The van der Waals surface area contributed by atoms with Gasteiger partial charge in [-0.3, -0.25) is 14.5 Å². The predicted octanol–water partition coefficient (Wildman–Crippen LogP) is 1.87. The summed E-state index contributed by atoms with van der Waals surface area (Å²) in [5.41, 5.74) is 0.944. The van der Waals surface area contributed by atoms with E-state index in [0.717, 1.165) is 4.90 Å². The van der Waals surface area contributed by atoms with E-state index in [2.05, 4.69) is 0 Å². The van der Waals surface area contributed by atoms with E-state index in [1.807, 2.05) is 0 Å². The number of nitrogens with zero attached hydrogens (tertiary/aromatic N) is 1. The van der Waals surface area contributed by atoms with E-state index in [-0.39, 0.29) is 16.7 Å². The molecule has 2 aliphatic rings. The highest BCUT2D eigenvalue weighted by Gasteiger charge is 2.55. The van der Waals surface area contributed by atoms with Gasteiger partial charge in [0.15, 0.2) is 12.4 Å². The van der Waals surface area contributed by atoms with Crippen LogP contribution in [0.3, 0.4) is 0 Å². The first-order valence-corrected chi connectivity index (χ1v) is 11.6. The summed E-state index contributed by atoms with van der Waals surface area (Å²) in [6.45, 7) is 2.61. The number of hydrogen-bond acceptors (Lipinski definition) is 9. The molecule has 0 radical (unpaired) electrons. The number of carbonyl (C=O) groups is 4. The number of benzene rings is 2. The SMILES string of the molecule is CO[C@@H]1O[C@H](COC(=O)c2ccccc2)[C@@H](O)[C@H](OC(=O)c2ccccc2)[C@H]1N1C(=O)C(C)=C(C)C1=O. The summed E-state index contributed by atoms with van der Waals surface area (Å²) < 4.78 is 22.3. The summed E-state index contributed by atoms with van der Waals surface area (Å²) in [7, 11) is 1.29. The summed E-state index contributed by atoms with van der Waals surface area (Å²) in [4.78, 5) is 52.3. The van der Waals surface area contributed by atoms with Crippen LogP contribution in [0, 0.1) is 0 Å². The van der Waals surface area contributed by atoms with E-state index in [1.54, 1.807) is 48.5 Å². The minimum absolute atomic E-state index is 0.200. The monoisotopic (exact) mass is 509 g/mol. The van der Waals surface area contributed by atoms with Crippen LogP contribution in [0.2, 0.25) is 0 Å². The maximum atomic E-state index is 13.0. The molecule has 0 bridgehead atoms. The zero-order valence-corrected chi connectivity index (χ0v) is 20.5. The van der Waals surface area contributed by atoms with Crippen molar-refractivity contribution in [1.29, 1.82) is 0 Å². The van der Waals surface area contributed by atoms with E-state index < -0.39 is 61.0 Å². The summed E-state index contributed by atoms with van der Waals surface area (Å²) >= 11 is 0. The zero-order chi connectivity index (χ0) is 26.7. The number of carbonyl (C=O) groups excluding carboxylic acids is 4. The van der Waals surface area contributed by atoms with Crippen molar-refractivity contribution in [1.82, 2.24) is 4.90 Å². The Morgan fingerprint density at radius 2 is 1.41 bits per heavy atom. The highest BCUT2D eigenvalue weighted by molar-refractivity contribution is 6.19. The van der Waals surface area contributed by atoms with E-state index in [0.29, 0.717) is 5.56 Å². The smallest absolute Gasteiger partial charge is 0.338 e. The number of ether oxygens (including phenoxy) is 4. The Morgan fingerprint density at radius 3 is 1.92 bits per heavy atom. The first-order valence-electron chi connectivity index (χ1n) is 11.6. The van der Waals surface area contributed by atoms with Crippen LogP contribution < -0.4 is 0 Å². The van der Waals surface area contributed by atoms with Crippen molar-refractivity contribution < 1.29 is 43.2 Å². The van der Waals surface area contributed by atoms with Gasteiger partial charge in [-0.1, -0.05) is 36.4 Å². The Kier molecular flexibility index (Phi) is 7.82. The van der Waals surface area contributed by atoms with Gasteiger partial charge in [-0.15, -0.1) is 0 Å². The summed E-state index contributed by atoms with van der Waals surface area (Å²) in [6.07, 6.45) is -5.50. The normalized spacial score (nSPS) is 25.8. The summed E-state index contributed by atoms with van der Waals surface area (Å²) in [6, 6.07) is 15.0. The van der Waals surface area contributed by atoms with Gasteiger partial charge in [-0.2, -0.15) is 0 Å². The molecular formula is C27H27NO9. The topological polar surface area (TPSA) is 129 Å². The number of hydrogen-bond donors (Lipinski definition) is 1. The van der Waals surface area contributed by atoms with Crippen molar-refractivity contribution >= 4 is 23.8 Å². The lowest BCUT2D eigenvalue weighted by molar-refractivity contribution is -0.275.